The number of amides is 1. The molecule has 0 saturated heterocycles. The van der Waals surface area contributed by atoms with Crippen molar-refractivity contribution in [3.63, 3.8) is 0 Å². The van der Waals surface area contributed by atoms with E-state index in [-0.39, 0.29) is 24.0 Å². The Bertz CT molecular complexity index is 2490. The summed E-state index contributed by atoms with van der Waals surface area (Å²) in [5.74, 6) is -0.677. The van der Waals surface area contributed by atoms with E-state index in [2.05, 4.69) is 63.3 Å². The zero-order valence-corrected chi connectivity index (χ0v) is 46.7. The van der Waals surface area contributed by atoms with Gasteiger partial charge in [-0.1, -0.05) is 94.5 Å². The van der Waals surface area contributed by atoms with Gasteiger partial charge in [-0.15, -0.1) is 0 Å². The normalized spacial score (nSPS) is 14.4. The third kappa shape index (κ3) is 24.4. The number of hydrogen-bond donors (Lipinski definition) is 3. The number of hydrogen-bond acceptors (Lipinski definition) is 11. The van der Waals surface area contributed by atoms with Crippen LogP contribution in [-0.2, 0) is 59.8 Å². The van der Waals surface area contributed by atoms with Crippen molar-refractivity contribution in [3.8, 4) is 0 Å². The number of nitrogens with zero attached hydrogens (tertiary/aromatic N) is 5. The molecule has 3 aromatic heterocycles. The molecule has 76 heavy (non-hydrogen) atoms. The van der Waals surface area contributed by atoms with E-state index in [0.717, 1.165) is 111 Å². The van der Waals surface area contributed by atoms with E-state index >= 15 is 0 Å². The topological polar surface area (TPSA) is 170 Å². The molecule has 2 aromatic carbocycles. The number of benzene rings is 2. The first-order valence-electron chi connectivity index (χ1n) is 27.2. The van der Waals surface area contributed by atoms with Gasteiger partial charge in [0.15, 0.2) is 0 Å². The summed E-state index contributed by atoms with van der Waals surface area (Å²) in [6.45, 7) is 19.7. The number of ether oxygens (including phenoxy) is 1. The van der Waals surface area contributed by atoms with E-state index in [0.29, 0.717) is 49.2 Å². The first kappa shape index (κ1) is 64.4. The van der Waals surface area contributed by atoms with Crippen LogP contribution in [0.15, 0.2) is 85.3 Å². The van der Waals surface area contributed by atoms with E-state index < -0.39 is 17.7 Å². The molecule has 2 atom stereocenters. The molecule has 1 amide bonds. The van der Waals surface area contributed by atoms with Crippen LogP contribution in [0.2, 0.25) is 0 Å². The molecule has 0 spiro atoms. The molecule has 2 aliphatic rings. The highest BCUT2D eigenvalue weighted by Crippen LogP contribution is 2.25. The summed E-state index contributed by atoms with van der Waals surface area (Å²) in [5, 5.41) is 3.63. The van der Waals surface area contributed by atoms with E-state index in [1.54, 1.807) is 37.6 Å². The van der Waals surface area contributed by atoms with Crippen molar-refractivity contribution >= 4 is 18.7 Å². The zero-order chi connectivity index (χ0) is 55.9. The van der Waals surface area contributed by atoms with Crippen molar-refractivity contribution in [1.82, 2.24) is 30.1 Å². The summed E-state index contributed by atoms with van der Waals surface area (Å²) in [4.78, 5) is 48.9. The summed E-state index contributed by atoms with van der Waals surface area (Å²) in [7, 11) is 0. The van der Waals surface area contributed by atoms with Crippen LogP contribution in [0.3, 0.4) is 0 Å². The molecule has 15 heteroatoms. The van der Waals surface area contributed by atoms with Gasteiger partial charge in [0.1, 0.15) is 35.6 Å². The quantitative estimate of drug-likeness (QED) is 0.0531. The highest BCUT2D eigenvalue weighted by molar-refractivity contribution is 5.75. The first-order valence-corrected chi connectivity index (χ1v) is 27.2. The van der Waals surface area contributed by atoms with E-state index in [1.165, 1.54) is 47.8 Å². The maximum atomic E-state index is 14.3. The second kappa shape index (κ2) is 35.5. The van der Waals surface area contributed by atoms with Gasteiger partial charge in [-0.25, -0.2) is 18.0 Å². The van der Waals surface area contributed by atoms with Gasteiger partial charge in [-0.3, -0.25) is 24.8 Å². The minimum Gasteiger partial charge on any atom is -0.444 e. The highest BCUT2D eigenvalue weighted by atomic mass is 19.1. The Morgan fingerprint density at radius 3 is 1.78 bits per heavy atom. The van der Waals surface area contributed by atoms with Crippen LogP contribution < -0.4 is 16.8 Å². The Labute approximate surface area is 452 Å². The summed E-state index contributed by atoms with van der Waals surface area (Å²) in [6.07, 6.45) is 19.7. The molecule has 0 bridgehead atoms. The molecule has 5 aromatic rings. The lowest BCUT2D eigenvalue weighted by atomic mass is 9.95. The molecule has 2 aliphatic heterocycles. The number of carbonyl (C=O) groups excluding carboxylic acids is 3. The molecule has 0 fully saturated rings. The molecule has 7 rings (SSSR count). The number of nitrogens with one attached hydrogen (secondary N) is 1. The maximum absolute atomic E-state index is 14.3. The van der Waals surface area contributed by atoms with Crippen LogP contribution in [-0.4, -0.2) is 80.7 Å². The monoisotopic (exact) mass is 1050 g/mol. The number of aromatic nitrogens is 3. The number of rotatable bonds is 19. The average Bonchev–Trinajstić information content (AvgIpc) is 3.39. The minimum absolute atomic E-state index is 0.148. The second-order valence-corrected chi connectivity index (χ2v) is 20.6. The van der Waals surface area contributed by atoms with Gasteiger partial charge in [0.25, 0.3) is 0 Å². The summed E-state index contributed by atoms with van der Waals surface area (Å²) in [5.41, 5.74) is 19.3. The SMILES string of the molecule is CC(C)(C)OC(=O)N1Cc2ccccc2C[C@@H]1C=O.CCCCC=O.CCCCCCCc1ncc(C)cc1F.Cc1cnc(CN(CCCCN)C[C@H]2Cc3ccccc3CN2)c(F)c1.Cc1cnc(CN)c(F)c1. The van der Waals surface area contributed by atoms with Crippen molar-refractivity contribution in [2.75, 3.05) is 19.6 Å². The summed E-state index contributed by atoms with van der Waals surface area (Å²) >= 11 is 0. The lowest BCUT2D eigenvalue weighted by Crippen LogP contribution is -2.47. The number of carbonyl (C=O) groups is 3. The molecule has 5 N–H and O–H groups in total. The summed E-state index contributed by atoms with van der Waals surface area (Å²) in [6, 6.07) is 20.9. The number of unbranched alkanes of at least 4 members (excludes halogenated alkanes) is 7. The number of aldehydes is 2. The molecule has 416 valence electrons. The van der Waals surface area contributed by atoms with Gasteiger partial charge < -0.3 is 31.1 Å². The van der Waals surface area contributed by atoms with Gasteiger partial charge in [-0.2, -0.15) is 0 Å². The van der Waals surface area contributed by atoms with Crippen LogP contribution in [0.25, 0.3) is 0 Å². The lowest BCUT2D eigenvalue weighted by Gasteiger charge is -2.35. The molecule has 5 heterocycles. The van der Waals surface area contributed by atoms with Crippen molar-refractivity contribution in [1.29, 1.82) is 0 Å². The smallest absolute Gasteiger partial charge is 0.411 e. The Kier molecular flexibility index (Phi) is 30.1. The number of pyridine rings is 3. The van der Waals surface area contributed by atoms with Gasteiger partial charge in [0, 0.05) is 63.7 Å². The number of nitrogens with two attached hydrogens (primary N) is 2. The van der Waals surface area contributed by atoms with Gasteiger partial charge in [0.2, 0.25) is 0 Å². The van der Waals surface area contributed by atoms with E-state index in [4.69, 9.17) is 16.2 Å². The second-order valence-electron chi connectivity index (χ2n) is 20.6. The molecular formula is C61H87F3N8O4. The van der Waals surface area contributed by atoms with E-state index in [9.17, 15) is 27.6 Å². The third-order valence-electron chi connectivity index (χ3n) is 12.6. The Balaban J connectivity index is 0.000000269. The fourth-order valence-electron chi connectivity index (χ4n) is 8.40. The Morgan fingerprint density at radius 2 is 1.26 bits per heavy atom. The van der Waals surface area contributed by atoms with Gasteiger partial charge in [-0.05, 0) is 150 Å². The first-order chi connectivity index (χ1) is 36.4. The molecule has 0 radical (unpaired) electrons. The van der Waals surface area contributed by atoms with Gasteiger partial charge >= 0.3 is 6.09 Å². The van der Waals surface area contributed by atoms with Crippen LogP contribution >= 0.6 is 0 Å². The standard InChI is InChI=1S/C21H29FN4.C15H19NO3.C13H20FN.C7H9FN2.C5H10O/c1-16-10-20(22)21(25-12-16)15-26(9-5-4-8-23)14-19-11-17-6-2-3-7-18(17)13-24-19;1-15(2,3)19-14(18)16-9-12-7-5-4-6-11(12)8-13(16)10-17;1-3-4-5-6-7-8-13-12(14)9-11(2)10-15-13;1-5-2-6(8)7(3-9)10-4-5;1-2-3-4-5-6/h2-3,6-7,10,12,19,24H,4-5,8-9,11,13-15,23H2,1H3;4-7,10,13H,8-9H2,1-3H3;9-10H,3-8H2,1-2H3;2,4H,3,9H2,1H3;5H,2-4H2,1H3/t19-;13-;;;/m11.../s1. The van der Waals surface area contributed by atoms with Crippen LogP contribution in [0.1, 0.15) is 155 Å². The van der Waals surface area contributed by atoms with Crippen LogP contribution in [0.4, 0.5) is 18.0 Å². The predicted octanol–water partition coefficient (Wildman–Crippen LogP) is 11.7. The van der Waals surface area contributed by atoms with Crippen LogP contribution in [0, 0.1) is 38.2 Å². The van der Waals surface area contributed by atoms with Crippen LogP contribution in [0.5, 0.6) is 0 Å². The largest absolute Gasteiger partial charge is 0.444 e. The molecular weight excluding hydrogens is 966 g/mol. The number of fused-ring (bicyclic) bond motifs is 2. The molecule has 12 nitrogen and oxygen atoms in total. The number of halogens is 3. The Morgan fingerprint density at radius 1 is 0.724 bits per heavy atom. The fourth-order valence-corrected chi connectivity index (χ4v) is 8.40. The van der Waals surface area contributed by atoms with Crippen molar-refractivity contribution in [2.45, 2.75) is 183 Å². The fraction of sp³-hybridized carbons (Fsp3) is 0.508. The number of aryl methyl sites for hydroxylation is 4. The highest BCUT2D eigenvalue weighted by Gasteiger charge is 2.32. The molecule has 0 unspecified atom stereocenters. The van der Waals surface area contributed by atoms with Gasteiger partial charge in [0.05, 0.1) is 29.7 Å². The maximum Gasteiger partial charge on any atom is 0.411 e. The molecule has 0 aliphatic carbocycles. The lowest BCUT2D eigenvalue weighted by molar-refractivity contribution is -0.113. The third-order valence-corrected chi connectivity index (χ3v) is 12.6. The molecule has 0 saturated carbocycles. The van der Waals surface area contributed by atoms with Crippen molar-refractivity contribution in [3.05, 3.63) is 159 Å². The summed E-state index contributed by atoms with van der Waals surface area (Å²) < 4.78 is 45.7. The minimum atomic E-state index is -0.554. The van der Waals surface area contributed by atoms with Crippen molar-refractivity contribution in [2.24, 2.45) is 11.5 Å². The Hall–Kier alpha value is -5.87. The average molecular weight is 1050 g/mol. The zero-order valence-electron chi connectivity index (χ0n) is 46.7. The predicted molar refractivity (Wildman–Crippen MR) is 299 cm³/mol. The van der Waals surface area contributed by atoms with Crippen molar-refractivity contribution < 1.29 is 32.3 Å². The van der Waals surface area contributed by atoms with E-state index in [1.807, 2.05) is 58.9 Å².